The number of hydrogen-bond donors (Lipinski definition) is 0. The summed E-state index contributed by atoms with van der Waals surface area (Å²) in [5.41, 5.74) is 0.772. The van der Waals surface area contributed by atoms with Gasteiger partial charge in [0.2, 0.25) is 0 Å². The minimum absolute atomic E-state index is 0.0856. The fraction of sp³-hybridized carbons (Fsp3) is 1.00. The molecular weight excluding hydrogens is 380 g/mol. The van der Waals surface area contributed by atoms with Crippen LogP contribution in [0.3, 0.4) is 0 Å². The van der Waals surface area contributed by atoms with E-state index in [-0.39, 0.29) is 16.2 Å². The third-order valence-electron chi connectivity index (χ3n) is 8.50. The van der Waals surface area contributed by atoms with Crippen LogP contribution in [0.1, 0.15) is 72.6 Å². The molecule has 30 heavy (non-hydrogen) atoms. The molecule has 0 radical (unpaired) electrons. The van der Waals surface area contributed by atoms with Gasteiger partial charge in [0, 0.05) is 16.2 Å². The van der Waals surface area contributed by atoms with E-state index in [9.17, 15) is 0 Å². The molecule has 0 N–H and O–H groups in total. The second-order valence-electron chi connectivity index (χ2n) is 10.7. The van der Waals surface area contributed by atoms with Crippen LogP contribution in [-0.2, 0) is 23.7 Å². The van der Waals surface area contributed by atoms with Gasteiger partial charge in [-0.1, -0.05) is 34.1 Å². The molecule has 2 heterocycles. The Bertz CT molecular complexity index is 422. The molecule has 0 spiro atoms. The van der Waals surface area contributed by atoms with Gasteiger partial charge in [-0.05, 0) is 43.9 Å². The van der Waals surface area contributed by atoms with Crippen LogP contribution in [0.4, 0.5) is 0 Å². The SMILES string of the molecule is CCC1(COCC(CC)(COCC2(CC)COC2)COCC2(CC)COC2)CCC1. The molecule has 2 saturated heterocycles. The van der Waals surface area contributed by atoms with E-state index in [1.165, 1.54) is 25.7 Å². The fourth-order valence-electron chi connectivity index (χ4n) is 4.72. The van der Waals surface area contributed by atoms with Gasteiger partial charge in [0.05, 0.1) is 66.1 Å². The van der Waals surface area contributed by atoms with Crippen molar-refractivity contribution in [2.45, 2.75) is 72.6 Å². The minimum Gasteiger partial charge on any atom is -0.380 e. The van der Waals surface area contributed by atoms with Gasteiger partial charge in [-0.2, -0.15) is 0 Å². The third-order valence-corrected chi connectivity index (χ3v) is 8.50. The van der Waals surface area contributed by atoms with Crippen LogP contribution < -0.4 is 0 Å². The van der Waals surface area contributed by atoms with Gasteiger partial charge in [0.15, 0.2) is 0 Å². The first-order valence-electron chi connectivity index (χ1n) is 12.4. The van der Waals surface area contributed by atoms with E-state index in [2.05, 4.69) is 27.7 Å². The average molecular weight is 427 g/mol. The van der Waals surface area contributed by atoms with Crippen molar-refractivity contribution in [3.8, 4) is 0 Å². The molecule has 2 aliphatic heterocycles. The maximum atomic E-state index is 6.38. The van der Waals surface area contributed by atoms with Gasteiger partial charge < -0.3 is 23.7 Å². The maximum absolute atomic E-state index is 6.38. The molecule has 176 valence electrons. The first-order chi connectivity index (χ1) is 14.5. The summed E-state index contributed by atoms with van der Waals surface area (Å²) in [6.07, 6.45) is 8.41. The predicted octanol–water partition coefficient (Wildman–Crippen LogP) is 4.87. The van der Waals surface area contributed by atoms with Crippen LogP contribution in [0, 0.1) is 21.7 Å². The zero-order valence-electron chi connectivity index (χ0n) is 20.1. The van der Waals surface area contributed by atoms with Crippen LogP contribution in [0.5, 0.6) is 0 Å². The lowest BCUT2D eigenvalue weighted by atomic mass is 9.68. The highest BCUT2D eigenvalue weighted by Crippen LogP contribution is 2.44. The molecular formula is C25H46O5. The predicted molar refractivity (Wildman–Crippen MR) is 119 cm³/mol. The van der Waals surface area contributed by atoms with E-state index in [0.717, 1.165) is 72.1 Å². The van der Waals surface area contributed by atoms with Gasteiger partial charge in [-0.3, -0.25) is 0 Å². The van der Waals surface area contributed by atoms with E-state index in [1.54, 1.807) is 0 Å². The standard InChI is InChI=1S/C25H46O5/c1-5-22(10-9-11-22)12-26-13-23(6-2,14-27-16-24(7-3)18-29-19-24)15-28-17-25(8-4)20-30-21-25/h5-21H2,1-4H3. The van der Waals surface area contributed by atoms with Gasteiger partial charge >= 0.3 is 0 Å². The lowest BCUT2D eigenvalue weighted by molar-refractivity contribution is -0.179. The largest absolute Gasteiger partial charge is 0.380 e. The van der Waals surface area contributed by atoms with E-state index in [4.69, 9.17) is 23.7 Å². The quantitative estimate of drug-likeness (QED) is 0.352. The zero-order chi connectivity index (χ0) is 21.6. The van der Waals surface area contributed by atoms with Gasteiger partial charge in [-0.15, -0.1) is 0 Å². The molecule has 0 bridgehead atoms. The molecule has 1 saturated carbocycles. The highest BCUT2D eigenvalue weighted by Gasteiger charge is 2.41. The monoisotopic (exact) mass is 426 g/mol. The lowest BCUT2D eigenvalue weighted by Gasteiger charge is -2.44. The van der Waals surface area contributed by atoms with E-state index in [0.29, 0.717) is 18.6 Å². The van der Waals surface area contributed by atoms with Crippen LogP contribution in [-0.4, -0.2) is 66.1 Å². The second kappa shape index (κ2) is 10.6. The highest BCUT2D eigenvalue weighted by atomic mass is 16.5. The van der Waals surface area contributed by atoms with Gasteiger partial charge in [0.1, 0.15) is 0 Å². The first-order valence-corrected chi connectivity index (χ1v) is 12.4. The zero-order valence-corrected chi connectivity index (χ0v) is 20.1. The Morgan fingerprint density at radius 2 is 1.03 bits per heavy atom. The molecule has 0 aromatic heterocycles. The molecule has 0 aromatic rings. The molecule has 1 aliphatic carbocycles. The van der Waals surface area contributed by atoms with Crippen molar-refractivity contribution in [1.82, 2.24) is 0 Å². The van der Waals surface area contributed by atoms with Crippen LogP contribution in [0.25, 0.3) is 0 Å². The average Bonchev–Trinajstić information content (AvgIpc) is 2.67. The van der Waals surface area contributed by atoms with Crippen molar-refractivity contribution in [3.63, 3.8) is 0 Å². The summed E-state index contributed by atoms with van der Waals surface area (Å²) in [4.78, 5) is 0. The lowest BCUT2D eigenvalue weighted by Crippen LogP contribution is -2.48. The van der Waals surface area contributed by atoms with Crippen LogP contribution in [0.2, 0.25) is 0 Å². The topological polar surface area (TPSA) is 46.2 Å². The molecule has 0 unspecified atom stereocenters. The summed E-state index contributed by atoms with van der Waals surface area (Å²) in [6.45, 7) is 16.9. The summed E-state index contributed by atoms with van der Waals surface area (Å²) in [6, 6.07) is 0. The highest BCUT2D eigenvalue weighted by molar-refractivity contribution is 4.89. The summed E-state index contributed by atoms with van der Waals surface area (Å²) in [7, 11) is 0. The maximum Gasteiger partial charge on any atom is 0.0566 e. The molecule has 5 nitrogen and oxygen atoms in total. The Labute approximate surface area is 184 Å². The molecule has 0 amide bonds. The summed E-state index contributed by atoms with van der Waals surface area (Å²) in [5.74, 6) is 0. The van der Waals surface area contributed by atoms with Gasteiger partial charge in [0.25, 0.3) is 0 Å². The second-order valence-corrected chi connectivity index (χ2v) is 10.7. The smallest absolute Gasteiger partial charge is 0.0566 e. The van der Waals surface area contributed by atoms with E-state index < -0.39 is 0 Å². The van der Waals surface area contributed by atoms with Crippen LogP contribution >= 0.6 is 0 Å². The van der Waals surface area contributed by atoms with Crippen LogP contribution in [0.15, 0.2) is 0 Å². The Balaban J connectivity index is 1.53. The number of rotatable bonds is 16. The minimum atomic E-state index is -0.0856. The molecule has 3 fully saturated rings. The van der Waals surface area contributed by atoms with Crippen molar-refractivity contribution in [2.75, 3.05) is 66.1 Å². The molecule has 0 atom stereocenters. The Morgan fingerprint density at radius 1 is 0.633 bits per heavy atom. The third kappa shape index (κ3) is 5.58. The number of hydrogen-bond acceptors (Lipinski definition) is 5. The van der Waals surface area contributed by atoms with Crippen molar-refractivity contribution in [3.05, 3.63) is 0 Å². The van der Waals surface area contributed by atoms with Crippen molar-refractivity contribution < 1.29 is 23.7 Å². The molecule has 3 rings (SSSR count). The Hall–Kier alpha value is -0.200. The fourth-order valence-corrected chi connectivity index (χ4v) is 4.72. The molecule has 5 heteroatoms. The Morgan fingerprint density at radius 3 is 1.27 bits per heavy atom. The Kier molecular flexibility index (Phi) is 8.65. The summed E-state index contributed by atoms with van der Waals surface area (Å²) in [5, 5.41) is 0. The van der Waals surface area contributed by atoms with E-state index in [1.807, 2.05) is 0 Å². The summed E-state index contributed by atoms with van der Waals surface area (Å²) < 4.78 is 29.9. The van der Waals surface area contributed by atoms with E-state index >= 15 is 0 Å². The van der Waals surface area contributed by atoms with Gasteiger partial charge in [-0.25, -0.2) is 0 Å². The molecule has 0 aromatic carbocycles. The molecule has 3 aliphatic rings. The first kappa shape index (κ1) is 24.4. The van der Waals surface area contributed by atoms with Crippen molar-refractivity contribution in [2.24, 2.45) is 21.7 Å². The normalized spacial score (nSPS) is 24.0. The number of ether oxygens (including phenoxy) is 5. The van der Waals surface area contributed by atoms with Crippen molar-refractivity contribution in [1.29, 1.82) is 0 Å². The summed E-state index contributed by atoms with van der Waals surface area (Å²) >= 11 is 0. The van der Waals surface area contributed by atoms with Crippen molar-refractivity contribution >= 4 is 0 Å².